The zero-order chi connectivity index (χ0) is 14.1. The molecule has 0 bridgehead atoms. The molecule has 104 valence electrons. The molecule has 7 nitrogen and oxygen atoms in total. The van der Waals surface area contributed by atoms with E-state index < -0.39 is 4.92 Å². The lowest BCUT2D eigenvalue weighted by molar-refractivity contribution is -0.393. The van der Waals surface area contributed by atoms with Crippen LogP contribution in [0.3, 0.4) is 0 Å². The molecule has 0 saturated heterocycles. The SMILES string of the molecule is CCSc1nnc(Sc2nc3sccn3c2[N+](=O)[O-])s1. The Balaban J connectivity index is 1.94. The van der Waals surface area contributed by atoms with Crippen LogP contribution in [-0.4, -0.2) is 30.3 Å². The Labute approximate surface area is 129 Å². The van der Waals surface area contributed by atoms with Crippen molar-refractivity contribution in [2.75, 3.05) is 5.75 Å². The third kappa shape index (κ3) is 2.53. The van der Waals surface area contributed by atoms with Gasteiger partial charge in [0.1, 0.15) is 6.20 Å². The molecule has 0 saturated carbocycles. The molecule has 3 aromatic heterocycles. The van der Waals surface area contributed by atoms with E-state index in [1.54, 1.807) is 23.3 Å². The van der Waals surface area contributed by atoms with Crippen molar-refractivity contribution in [1.29, 1.82) is 0 Å². The van der Waals surface area contributed by atoms with E-state index in [0.717, 1.165) is 10.1 Å². The second-order valence-corrected chi connectivity index (χ2v) is 8.02. The number of aromatic nitrogens is 4. The maximum absolute atomic E-state index is 11.2. The second-order valence-electron chi connectivity index (χ2n) is 3.42. The summed E-state index contributed by atoms with van der Waals surface area (Å²) < 4.78 is 3.00. The summed E-state index contributed by atoms with van der Waals surface area (Å²) in [5.41, 5.74) is 0. The molecule has 0 spiro atoms. The minimum atomic E-state index is -0.419. The molecule has 0 aliphatic carbocycles. The van der Waals surface area contributed by atoms with E-state index in [0.29, 0.717) is 14.3 Å². The first-order valence-corrected chi connectivity index (χ1v) is 8.93. The lowest BCUT2D eigenvalue weighted by atomic mass is 10.7. The number of hydrogen-bond donors (Lipinski definition) is 0. The summed E-state index contributed by atoms with van der Waals surface area (Å²) in [6.45, 7) is 2.03. The summed E-state index contributed by atoms with van der Waals surface area (Å²) in [6.07, 6.45) is 1.65. The molecule has 0 amide bonds. The van der Waals surface area contributed by atoms with E-state index in [4.69, 9.17) is 0 Å². The third-order valence-electron chi connectivity index (χ3n) is 2.22. The van der Waals surface area contributed by atoms with Crippen LogP contribution in [0.25, 0.3) is 4.96 Å². The van der Waals surface area contributed by atoms with Crippen LogP contribution < -0.4 is 0 Å². The number of nitrogens with zero attached hydrogens (tertiary/aromatic N) is 5. The Bertz CT molecular complexity index is 763. The summed E-state index contributed by atoms with van der Waals surface area (Å²) >= 11 is 5.56. The highest BCUT2D eigenvalue weighted by molar-refractivity contribution is 8.03. The molecule has 3 aromatic rings. The van der Waals surface area contributed by atoms with Crippen LogP contribution in [0.4, 0.5) is 5.82 Å². The van der Waals surface area contributed by atoms with Crippen molar-refractivity contribution in [2.24, 2.45) is 0 Å². The Hall–Kier alpha value is -1.17. The molecule has 0 radical (unpaired) electrons. The summed E-state index contributed by atoms with van der Waals surface area (Å²) in [4.78, 5) is 15.7. The number of rotatable bonds is 5. The van der Waals surface area contributed by atoms with E-state index in [1.165, 1.54) is 38.8 Å². The van der Waals surface area contributed by atoms with E-state index in [1.807, 2.05) is 6.92 Å². The van der Waals surface area contributed by atoms with Gasteiger partial charge in [-0.2, -0.15) is 9.38 Å². The Kier molecular flexibility index (Phi) is 3.92. The van der Waals surface area contributed by atoms with E-state index in [9.17, 15) is 10.1 Å². The van der Waals surface area contributed by atoms with Gasteiger partial charge in [-0.05, 0) is 22.4 Å². The molecule has 0 unspecified atom stereocenters. The fraction of sp³-hybridized carbons (Fsp3) is 0.222. The highest BCUT2D eigenvalue weighted by atomic mass is 32.2. The first kappa shape index (κ1) is 13.8. The van der Waals surface area contributed by atoms with Crippen LogP contribution in [0.5, 0.6) is 0 Å². The van der Waals surface area contributed by atoms with Crippen molar-refractivity contribution in [2.45, 2.75) is 20.6 Å². The first-order chi connectivity index (χ1) is 9.69. The Morgan fingerprint density at radius 3 is 3.00 bits per heavy atom. The Morgan fingerprint density at radius 1 is 1.45 bits per heavy atom. The van der Waals surface area contributed by atoms with Crippen molar-refractivity contribution >= 4 is 57.0 Å². The predicted octanol–water partition coefficient (Wildman–Crippen LogP) is 3.42. The van der Waals surface area contributed by atoms with Gasteiger partial charge in [-0.25, -0.2) is 0 Å². The van der Waals surface area contributed by atoms with Gasteiger partial charge >= 0.3 is 5.82 Å². The molecule has 0 aromatic carbocycles. The van der Waals surface area contributed by atoms with Crippen molar-refractivity contribution in [1.82, 2.24) is 19.6 Å². The second kappa shape index (κ2) is 5.68. The fourth-order valence-electron chi connectivity index (χ4n) is 1.49. The summed E-state index contributed by atoms with van der Waals surface area (Å²) in [6, 6.07) is 0. The summed E-state index contributed by atoms with van der Waals surface area (Å²) in [5.74, 6) is 0.894. The number of hydrogen-bond acceptors (Lipinski definition) is 9. The van der Waals surface area contributed by atoms with Gasteiger partial charge in [-0.1, -0.05) is 41.4 Å². The molecule has 0 aliphatic rings. The summed E-state index contributed by atoms with van der Waals surface area (Å²) in [7, 11) is 0. The standard InChI is InChI=1S/C9H7N5O2S4/c1-2-17-8-11-12-9(20-8)19-5-6(14(15)16)13-3-4-18-7(13)10-5/h3-4H,2H2,1H3. The topological polar surface area (TPSA) is 86.2 Å². The highest BCUT2D eigenvalue weighted by Crippen LogP contribution is 2.38. The highest BCUT2D eigenvalue weighted by Gasteiger charge is 2.25. The summed E-state index contributed by atoms with van der Waals surface area (Å²) in [5, 5.41) is 21.4. The monoisotopic (exact) mass is 345 g/mol. The maximum Gasteiger partial charge on any atom is 0.363 e. The van der Waals surface area contributed by atoms with E-state index in [2.05, 4.69) is 15.2 Å². The number of thiazole rings is 1. The van der Waals surface area contributed by atoms with Gasteiger partial charge in [0, 0.05) is 5.38 Å². The molecule has 20 heavy (non-hydrogen) atoms. The molecule has 0 atom stereocenters. The number of imidazole rings is 1. The average molecular weight is 345 g/mol. The van der Waals surface area contributed by atoms with Gasteiger partial charge in [0.05, 0.1) is 0 Å². The largest absolute Gasteiger partial charge is 0.363 e. The van der Waals surface area contributed by atoms with Crippen LogP contribution in [0.1, 0.15) is 6.92 Å². The van der Waals surface area contributed by atoms with Crippen LogP contribution in [-0.2, 0) is 0 Å². The van der Waals surface area contributed by atoms with E-state index in [-0.39, 0.29) is 5.82 Å². The zero-order valence-electron chi connectivity index (χ0n) is 10.0. The van der Waals surface area contributed by atoms with Gasteiger partial charge in [-0.15, -0.1) is 10.2 Å². The molecular formula is C9H7N5O2S4. The van der Waals surface area contributed by atoms with Crippen LogP contribution in [0.15, 0.2) is 25.3 Å². The molecule has 3 heterocycles. The molecule has 3 rings (SSSR count). The molecule has 0 aliphatic heterocycles. The minimum Gasteiger partial charge on any atom is -0.358 e. The van der Waals surface area contributed by atoms with Gasteiger partial charge in [0.15, 0.2) is 8.68 Å². The van der Waals surface area contributed by atoms with Crippen molar-refractivity contribution < 1.29 is 4.92 Å². The fourth-order valence-corrected chi connectivity index (χ4v) is 5.18. The predicted molar refractivity (Wildman–Crippen MR) is 80.2 cm³/mol. The van der Waals surface area contributed by atoms with Crippen LogP contribution in [0, 0.1) is 10.1 Å². The van der Waals surface area contributed by atoms with Crippen molar-refractivity contribution in [3.05, 3.63) is 21.7 Å². The zero-order valence-corrected chi connectivity index (χ0v) is 13.3. The normalized spacial score (nSPS) is 11.2. The quantitative estimate of drug-likeness (QED) is 0.398. The van der Waals surface area contributed by atoms with Gasteiger partial charge in [-0.3, -0.25) is 0 Å². The lowest BCUT2D eigenvalue weighted by Gasteiger charge is -1.94. The van der Waals surface area contributed by atoms with Gasteiger partial charge in [0.2, 0.25) is 5.03 Å². The molecule has 11 heteroatoms. The minimum absolute atomic E-state index is 0.0221. The van der Waals surface area contributed by atoms with Crippen LogP contribution in [0.2, 0.25) is 0 Å². The molecular weight excluding hydrogens is 338 g/mol. The smallest absolute Gasteiger partial charge is 0.358 e. The van der Waals surface area contributed by atoms with Gasteiger partial charge in [0.25, 0.3) is 4.96 Å². The molecule has 0 N–H and O–H groups in total. The van der Waals surface area contributed by atoms with E-state index >= 15 is 0 Å². The number of thioether (sulfide) groups is 1. The number of fused-ring (bicyclic) bond motifs is 1. The maximum atomic E-state index is 11.2. The lowest BCUT2D eigenvalue weighted by Crippen LogP contribution is -1.93. The average Bonchev–Trinajstić information content (AvgIpc) is 3.05. The van der Waals surface area contributed by atoms with Crippen molar-refractivity contribution in [3.8, 4) is 0 Å². The van der Waals surface area contributed by atoms with Crippen LogP contribution >= 0.6 is 46.2 Å². The first-order valence-electron chi connectivity index (χ1n) is 5.43. The Morgan fingerprint density at radius 2 is 2.25 bits per heavy atom. The number of nitro groups is 1. The third-order valence-corrected chi connectivity index (χ3v) is 5.93. The van der Waals surface area contributed by atoms with Gasteiger partial charge < -0.3 is 10.1 Å². The molecule has 0 fully saturated rings. The van der Waals surface area contributed by atoms with Crippen molar-refractivity contribution in [3.63, 3.8) is 0 Å².